The first-order valence-electron chi connectivity index (χ1n) is 4.91. The fourth-order valence-corrected chi connectivity index (χ4v) is 1.80. The zero-order chi connectivity index (χ0) is 9.97. The van der Waals surface area contributed by atoms with Crippen LogP contribution < -0.4 is 10.5 Å². The molecule has 1 aliphatic rings. The molecule has 2 N–H and O–H groups in total. The second-order valence-electron chi connectivity index (χ2n) is 3.38. The number of nitrogens with two attached hydrogens (primary N) is 1. The van der Waals surface area contributed by atoms with Gasteiger partial charge in [-0.15, -0.1) is 0 Å². The molecule has 76 valence electrons. The number of ether oxygens (including phenoxy) is 2. The van der Waals surface area contributed by atoms with Crippen molar-refractivity contribution in [1.82, 2.24) is 0 Å². The number of hydrogen-bond acceptors (Lipinski definition) is 3. The van der Waals surface area contributed by atoms with E-state index in [1.165, 1.54) is 0 Å². The predicted molar refractivity (Wildman–Crippen MR) is 54.2 cm³/mol. The van der Waals surface area contributed by atoms with Gasteiger partial charge in [0.15, 0.2) is 0 Å². The third-order valence-electron chi connectivity index (χ3n) is 2.38. The van der Waals surface area contributed by atoms with Crippen LogP contribution in [0.1, 0.15) is 24.1 Å². The van der Waals surface area contributed by atoms with Crippen molar-refractivity contribution in [3.05, 3.63) is 29.3 Å². The molecule has 0 aliphatic carbocycles. The zero-order valence-electron chi connectivity index (χ0n) is 8.32. The molecule has 1 heterocycles. The van der Waals surface area contributed by atoms with Crippen LogP contribution in [0.25, 0.3) is 0 Å². The third kappa shape index (κ3) is 1.61. The van der Waals surface area contributed by atoms with Crippen LogP contribution in [-0.2, 0) is 11.3 Å². The molecule has 3 heteroatoms. The highest BCUT2D eigenvalue weighted by molar-refractivity contribution is 5.43. The Morgan fingerprint density at radius 3 is 3.21 bits per heavy atom. The van der Waals surface area contributed by atoms with Gasteiger partial charge in [0, 0.05) is 5.56 Å². The van der Waals surface area contributed by atoms with Crippen LogP contribution in [0.3, 0.4) is 0 Å². The summed E-state index contributed by atoms with van der Waals surface area (Å²) in [5, 5.41) is 0. The molecule has 1 unspecified atom stereocenters. The maximum absolute atomic E-state index is 5.97. The maximum Gasteiger partial charge on any atom is 0.124 e. The summed E-state index contributed by atoms with van der Waals surface area (Å²) in [5.74, 6) is 0.904. The Bertz CT molecular complexity index is 325. The quantitative estimate of drug-likeness (QED) is 0.776. The second-order valence-corrected chi connectivity index (χ2v) is 3.38. The first-order valence-corrected chi connectivity index (χ1v) is 4.91. The van der Waals surface area contributed by atoms with E-state index in [2.05, 4.69) is 0 Å². The fourth-order valence-electron chi connectivity index (χ4n) is 1.80. The molecular weight excluding hydrogens is 178 g/mol. The lowest BCUT2D eigenvalue weighted by Crippen LogP contribution is -2.24. The molecule has 2 rings (SSSR count). The molecule has 1 aromatic rings. The minimum absolute atomic E-state index is 0.0542. The molecule has 0 spiro atoms. The average Bonchev–Trinajstić information content (AvgIpc) is 2.19. The Morgan fingerprint density at radius 1 is 1.57 bits per heavy atom. The Labute approximate surface area is 83.8 Å². The zero-order valence-corrected chi connectivity index (χ0v) is 8.32. The smallest absolute Gasteiger partial charge is 0.124 e. The van der Waals surface area contributed by atoms with Gasteiger partial charge in [-0.25, -0.2) is 0 Å². The summed E-state index contributed by atoms with van der Waals surface area (Å²) in [6.07, 6.45) is 0. The van der Waals surface area contributed by atoms with Crippen molar-refractivity contribution in [3.63, 3.8) is 0 Å². The average molecular weight is 193 g/mol. The predicted octanol–water partition coefficient (Wildman–Crippen LogP) is 1.62. The van der Waals surface area contributed by atoms with Crippen molar-refractivity contribution >= 4 is 0 Å². The fraction of sp³-hybridized carbons (Fsp3) is 0.455. The topological polar surface area (TPSA) is 44.5 Å². The largest absolute Gasteiger partial charge is 0.494 e. The summed E-state index contributed by atoms with van der Waals surface area (Å²) in [4.78, 5) is 0. The molecule has 0 saturated heterocycles. The first kappa shape index (κ1) is 9.49. The minimum atomic E-state index is -0.0542. The number of fused-ring (bicyclic) bond motifs is 1. The van der Waals surface area contributed by atoms with Gasteiger partial charge in [0.25, 0.3) is 0 Å². The van der Waals surface area contributed by atoms with Crippen LogP contribution >= 0.6 is 0 Å². The Balaban J connectivity index is 2.41. The van der Waals surface area contributed by atoms with E-state index in [1.54, 1.807) is 0 Å². The lowest BCUT2D eigenvalue weighted by Gasteiger charge is -2.24. The molecule has 1 atom stereocenters. The van der Waals surface area contributed by atoms with Gasteiger partial charge in [-0.1, -0.05) is 12.1 Å². The Morgan fingerprint density at radius 2 is 2.43 bits per heavy atom. The summed E-state index contributed by atoms with van der Waals surface area (Å²) < 4.78 is 10.9. The van der Waals surface area contributed by atoms with Gasteiger partial charge in [0.05, 0.1) is 25.9 Å². The molecule has 3 nitrogen and oxygen atoms in total. The van der Waals surface area contributed by atoms with Gasteiger partial charge in [-0.2, -0.15) is 0 Å². The number of rotatable bonds is 2. The summed E-state index contributed by atoms with van der Waals surface area (Å²) in [5.41, 5.74) is 8.23. The lowest BCUT2D eigenvalue weighted by atomic mass is 9.98. The first-order chi connectivity index (χ1) is 6.83. The molecule has 0 fully saturated rings. The van der Waals surface area contributed by atoms with E-state index in [0.717, 1.165) is 16.9 Å². The van der Waals surface area contributed by atoms with Crippen LogP contribution in [0.5, 0.6) is 5.75 Å². The SMILES string of the molecule is CCOc1cccc2c1C(N)COC2. The van der Waals surface area contributed by atoms with Crippen LogP contribution in [-0.4, -0.2) is 13.2 Å². The summed E-state index contributed by atoms with van der Waals surface area (Å²) in [6, 6.07) is 5.93. The molecular formula is C11H15NO2. The Kier molecular flexibility index (Phi) is 2.70. The molecule has 1 aliphatic heterocycles. The van der Waals surface area contributed by atoms with Gasteiger partial charge in [0.2, 0.25) is 0 Å². The lowest BCUT2D eigenvalue weighted by molar-refractivity contribution is 0.0907. The summed E-state index contributed by atoms with van der Waals surface area (Å²) in [7, 11) is 0. The summed E-state index contributed by atoms with van der Waals surface area (Å²) in [6.45, 7) is 3.87. The van der Waals surface area contributed by atoms with E-state index in [-0.39, 0.29) is 6.04 Å². The highest BCUT2D eigenvalue weighted by Gasteiger charge is 2.20. The molecule has 1 aromatic carbocycles. The van der Waals surface area contributed by atoms with E-state index in [9.17, 15) is 0 Å². The Hall–Kier alpha value is -1.06. The standard InChI is InChI=1S/C11H15NO2/c1-2-14-10-5-3-4-8-6-13-7-9(12)11(8)10/h3-5,9H,2,6-7,12H2,1H3. The van der Waals surface area contributed by atoms with Crippen molar-refractivity contribution in [2.45, 2.75) is 19.6 Å². The highest BCUT2D eigenvalue weighted by Crippen LogP contribution is 2.31. The van der Waals surface area contributed by atoms with Crippen molar-refractivity contribution in [2.24, 2.45) is 5.73 Å². The molecule has 14 heavy (non-hydrogen) atoms. The maximum atomic E-state index is 5.97. The van der Waals surface area contributed by atoms with Gasteiger partial charge in [-0.3, -0.25) is 0 Å². The number of benzene rings is 1. The normalized spacial score (nSPS) is 20.3. The van der Waals surface area contributed by atoms with E-state index >= 15 is 0 Å². The van der Waals surface area contributed by atoms with Crippen molar-refractivity contribution in [2.75, 3.05) is 13.2 Å². The molecule has 0 bridgehead atoms. The molecule has 0 saturated carbocycles. The van der Waals surface area contributed by atoms with E-state index in [0.29, 0.717) is 19.8 Å². The monoisotopic (exact) mass is 193 g/mol. The van der Waals surface area contributed by atoms with Gasteiger partial charge in [0.1, 0.15) is 5.75 Å². The van der Waals surface area contributed by atoms with Crippen LogP contribution in [0.4, 0.5) is 0 Å². The van der Waals surface area contributed by atoms with Crippen LogP contribution in [0.2, 0.25) is 0 Å². The van der Waals surface area contributed by atoms with Crippen molar-refractivity contribution in [3.8, 4) is 5.75 Å². The molecule has 0 aromatic heterocycles. The molecule has 0 amide bonds. The summed E-state index contributed by atoms with van der Waals surface area (Å²) >= 11 is 0. The highest BCUT2D eigenvalue weighted by atomic mass is 16.5. The third-order valence-corrected chi connectivity index (χ3v) is 2.38. The number of hydrogen-bond donors (Lipinski definition) is 1. The van der Waals surface area contributed by atoms with Crippen LogP contribution in [0.15, 0.2) is 18.2 Å². The van der Waals surface area contributed by atoms with E-state index in [1.807, 2.05) is 25.1 Å². The van der Waals surface area contributed by atoms with E-state index < -0.39 is 0 Å². The van der Waals surface area contributed by atoms with Crippen LogP contribution in [0, 0.1) is 0 Å². The molecule has 0 radical (unpaired) electrons. The van der Waals surface area contributed by atoms with Crippen molar-refractivity contribution in [1.29, 1.82) is 0 Å². The van der Waals surface area contributed by atoms with Crippen molar-refractivity contribution < 1.29 is 9.47 Å². The van der Waals surface area contributed by atoms with Gasteiger partial charge >= 0.3 is 0 Å². The second kappa shape index (κ2) is 3.98. The van der Waals surface area contributed by atoms with Gasteiger partial charge < -0.3 is 15.2 Å². The van der Waals surface area contributed by atoms with Gasteiger partial charge in [-0.05, 0) is 18.6 Å². The minimum Gasteiger partial charge on any atom is -0.494 e. The van der Waals surface area contributed by atoms with E-state index in [4.69, 9.17) is 15.2 Å².